The van der Waals surface area contributed by atoms with Gasteiger partial charge in [0, 0.05) is 12.1 Å². The maximum atomic E-state index is 14.9. The summed E-state index contributed by atoms with van der Waals surface area (Å²) in [6, 6.07) is 18.4. The topological polar surface area (TPSA) is 120 Å². The molecule has 0 bridgehead atoms. The highest BCUT2D eigenvalue weighted by atomic mass is 35.5. The van der Waals surface area contributed by atoms with Crippen molar-refractivity contribution < 1.29 is 19.1 Å². The summed E-state index contributed by atoms with van der Waals surface area (Å²) < 4.78 is 9.91. The molecule has 2 aliphatic heterocycles. The van der Waals surface area contributed by atoms with Crippen LogP contribution >= 0.6 is 11.6 Å². The molecular weight excluding hydrogens is 548 g/mol. The van der Waals surface area contributed by atoms with Gasteiger partial charge >= 0.3 is 11.4 Å². The molecule has 0 radical (unpaired) electrons. The lowest BCUT2D eigenvalue weighted by molar-refractivity contribution is -0.124. The number of allylic oxidation sites excluding steroid dienone is 2. The van der Waals surface area contributed by atoms with E-state index < -0.39 is 46.5 Å². The number of benzene rings is 2. The summed E-state index contributed by atoms with van der Waals surface area (Å²) in [5, 5.41) is 10.2. The number of aliphatic hydroxyl groups excluding tert-OH is 1. The van der Waals surface area contributed by atoms with Crippen LogP contribution in [-0.2, 0) is 35.2 Å². The van der Waals surface area contributed by atoms with Gasteiger partial charge in [-0.2, -0.15) is 0 Å². The SMILES string of the molecule is Cn1c(=O)n2n(c1=O)C1CC3C(=O)N(c4cccc(Cl)c4)C(=O)C3(c3ccccc3)C(c3ccc(CO)o3)C1=CC2. The summed E-state index contributed by atoms with van der Waals surface area (Å²) in [5.41, 5.74) is -0.730. The number of nitrogens with zero attached hydrogens (tertiary/aromatic N) is 4. The van der Waals surface area contributed by atoms with Crippen LogP contribution in [0.4, 0.5) is 5.69 Å². The average molecular weight is 573 g/mol. The van der Waals surface area contributed by atoms with E-state index in [0.717, 1.165) is 4.57 Å². The van der Waals surface area contributed by atoms with Crippen molar-refractivity contribution in [2.75, 3.05) is 4.90 Å². The average Bonchev–Trinajstić information content (AvgIpc) is 3.61. The van der Waals surface area contributed by atoms with Crippen LogP contribution in [0.25, 0.3) is 0 Å². The lowest BCUT2D eigenvalue weighted by Crippen LogP contribution is -2.53. The number of hydrogen-bond donors (Lipinski definition) is 1. The van der Waals surface area contributed by atoms with Gasteiger partial charge in [0.2, 0.25) is 11.8 Å². The summed E-state index contributed by atoms with van der Waals surface area (Å²) in [6.45, 7) is -0.239. The van der Waals surface area contributed by atoms with Crippen LogP contribution in [0.15, 0.2) is 92.4 Å². The summed E-state index contributed by atoms with van der Waals surface area (Å²) in [5.74, 6) is -1.91. The van der Waals surface area contributed by atoms with Crippen molar-refractivity contribution in [1.82, 2.24) is 13.9 Å². The molecule has 4 heterocycles. The zero-order valence-electron chi connectivity index (χ0n) is 21.9. The van der Waals surface area contributed by atoms with E-state index in [-0.39, 0.29) is 19.6 Å². The molecule has 4 aromatic rings. The van der Waals surface area contributed by atoms with E-state index in [1.165, 1.54) is 21.3 Å². The molecular formula is C30H25ClN4O6. The predicted molar refractivity (Wildman–Crippen MR) is 149 cm³/mol. The van der Waals surface area contributed by atoms with Crippen molar-refractivity contribution in [3.8, 4) is 0 Å². The predicted octanol–water partition coefficient (Wildman–Crippen LogP) is 2.88. The number of amides is 2. The first kappa shape index (κ1) is 25.6. The highest BCUT2D eigenvalue weighted by Gasteiger charge is 2.69. The molecule has 1 N–H and O–H groups in total. The Balaban J connectivity index is 1.54. The van der Waals surface area contributed by atoms with Crippen molar-refractivity contribution in [3.05, 3.63) is 121 Å². The number of furan rings is 1. The van der Waals surface area contributed by atoms with Gasteiger partial charge in [-0.1, -0.05) is 54.1 Å². The number of hydrogen-bond acceptors (Lipinski definition) is 6. The van der Waals surface area contributed by atoms with Crippen LogP contribution in [0, 0.1) is 5.92 Å². The van der Waals surface area contributed by atoms with Crippen molar-refractivity contribution >= 4 is 29.1 Å². The number of fused-ring (bicyclic) bond motifs is 4. The van der Waals surface area contributed by atoms with Gasteiger partial charge in [0.25, 0.3) is 0 Å². The Hall–Kier alpha value is -4.41. The van der Waals surface area contributed by atoms with E-state index in [4.69, 9.17) is 16.0 Å². The second kappa shape index (κ2) is 9.05. The van der Waals surface area contributed by atoms with Gasteiger partial charge in [0.1, 0.15) is 23.5 Å². The van der Waals surface area contributed by atoms with E-state index >= 15 is 0 Å². The fraction of sp³-hybridized carbons (Fsp3) is 0.267. The third-order valence-corrected chi connectivity index (χ3v) is 8.98. The normalized spacial score (nSPS) is 25.1. The minimum Gasteiger partial charge on any atom is -0.463 e. The summed E-state index contributed by atoms with van der Waals surface area (Å²) in [7, 11) is 1.42. The summed E-state index contributed by atoms with van der Waals surface area (Å²) in [6.07, 6.45) is 1.97. The van der Waals surface area contributed by atoms with Crippen LogP contribution in [-0.4, -0.2) is 30.9 Å². The fourth-order valence-corrected chi connectivity index (χ4v) is 7.24. The monoisotopic (exact) mass is 572 g/mol. The Morgan fingerprint density at radius 1 is 1.00 bits per heavy atom. The van der Waals surface area contributed by atoms with Gasteiger partial charge in [-0.3, -0.25) is 9.59 Å². The number of carbonyl (C=O) groups is 2. The van der Waals surface area contributed by atoms with Crippen LogP contribution in [0.2, 0.25) is 5.02 Å². The van der Waals surface area contributed by atoms with Gasteiger partial charge < -0.3 is 9.52 Å². The van der Waals surface area contributed by atoms with Gasteiger partial charge in [-0.05, 0) is 47.9 Å². The second-order valence-corrected chi connectivity index (χ2v) is 11.1. The van der Waals surface area contributed by atoms with Gasteiger partial charge in [0.15, 0.2) is 0 Å². The minimum atomic E-state index is -1.44. The molecule has 3 aliphatic rings. The van der Waals surface area contributed by atoms with Crippen LogP contribution in [0.3, 0.4) is 0 Å². The number of imide groups is 1. The third kappa shape index (κ3) is 3.34. The van der Waals surface area contributed by atoms with Crippen molar-refractivity contribution in [3.63, 3.8) is 0 Å². The maximum Gasteiger partial charge on any atom is 0.347 e. The largest absolute Gasteiger partial charge is 0.463 e. The molecule has 2 aromatic carbocycles. The molecule has 2 aromatic heterocycles. The minimum absolute atomic E-state index is 0.107. The lowest BCUT2D eigenvalue weighted by atomic mass is 9.54. The van der Waals surface area contributed by atoms with E-state index in [1.807, 2.05) is 36.4 Å². The smallest absolute Gasteiger partial charge is 0.347 e. The first-order chi connectivity index (χ1) is 19.8. The van der Waals surface area contributed by atoms with Crippen LogP contribution < -0.4 is 16.3 Å². The quantitative estimate of drug-likeness (QED) is 0.297. The number of carbonyl (C=O) groups excluding carboxylic acids is 2. The number of aliphatic hydroxyl groups is 1. The van der Waals surface area contributed by atoms with E-state index in [0.29, 0.717) is 33.4 Å². The molecule has 41 heavy (non-hydrogen) atoms. The van der Waals surface area contributed by atoms with Crippen molar-refractivity contribution in [2.45, 2.75) is 36.9 Å². The third-order valence-electron chi connectivity index (χ3n) is 8.74. The Labute approximate surface area is 238 Å². The first-order valence-electron chi connectivity index (χ1n) is 13.3. The summed E-state index contributed by atoms with van der Waals surface area (Å²) >= 11 is 6.29. The van der Waals surface area contributed by atoms with Gasteiger partial charge in [-0.15, -0.1) is 0 Å². The molecule has 4 atom stereocenters. The molecule has 2 fully saturated rings. The van der Waals surface area contributed by atoms with Crippen LogP contribution in [0.5, 0.6) is 0 Å². The summed E-state index contributed by atoms with van der Waals surface area (Å²) in [4.78, 5) is 56.8. The highest BCUT2D eigenvalue weighted by molar-refractivity contribution is 6.32. The van der Waals surface area contributed by atoms with E-state index in [1.54, 1.807) is 36.4 Å². The molecule has 1 aliphatic carbocycles. The molecule has 0 spiro atoms. The van der Waals surface area contributed by atoms with Gasteiger partial charge in [-0.25, -0.2) is 28.4 Å². The Morgan fingerprint density at radius 2 is 1.78 bits per heavy atom. The van der Waals surface area contributed by atoms with Crippen LogP contribution in [0.1, 0.15) is 35.5 Å². The van der Waals surface area contributed by atoms with Crippen molar-refractivity contribution in [1.29, 1.82) is 0 Å². The molecule has 10 nitrogen and oxygen atoms in total. The van der Waals surface area contributed by atoms with Crippen molar-refractivity contribution in [2.24, 2.45) is 13.0 Å². The number of rotatable bonds is 4. The Kier molecular flexibility index (Phi) is 5.64. The zero-order valence-corrected chi connectivity index (χ0v) is 22.7. The highest BCUT2D eigenvalue weighted by Crippen LogP contribution is 2.62. The Morgan fingerprint density at radius 3 is 2.49 bits per heavy atom. The molecule has 1 saturated heterocycles. The molecule has 7 rings (SSSR count). The standard InChI is InChI=1S/C30H25ClN4O6/c1-32-28(39)33-13-12-21-23(35(33)29(32)40)15-22-26(37)34(19-9-5-8-18(31)14-19)27(38)30(22,17-6-3-2-4-7-17)25(21)24-11-10-20(16-36)41-24/h2-12,14,22-23,25,36H,13,15-16H2,1H3. The molecule has 11 heteroatoms. The fourth-order valence-electron chi connectivity index (χ4n) is 7.06. The number of anilines is 1. The molecule has 1 saturated carbocycles. The number of aromatic nitrogens is 3. The molecule has 4 unspecified atom stereocenters. The number of halogens is 1. The van der Waals surface area contributed by atoms with Gasteiger partial charge in [0.05, 0.1) is 30.1 Å². The Bertz CT molecular complexity index is 1880. The first-order valence-corrected chi connectivity index (χ1v) is 13.6. The molecule has 2 amide bonds. The lowest BCUT2D eigenvalue weighted by Gasteiger charge is -2.48. The zero-order chi connectivity index (χ0) is 28.6. The second-order valence-electron chi connectivity index (χ2n) is 10.6. The van der Waals surface area contributed by atoms with E-state index in [2.05, 4.69) is 0 Å². The molecule has 208 valence electrons. The van der Waals surface area contributed by atoms with E-state index in [9.17, 15) is 24.3 Å². The maximum absolute atomic E-state index is 14.9.